The second-order valence-electron chi connectivity index (χ2n) is 6.32. The van der Waals surface area contributed by atoms with Crippen molar-refractivity contribution in [2.75, 3.05) is 7.05 Å². The van der Waals surface area contributed by atoms with Gasteiger partial charge in [-0.3, -0.25) is 15.0 Å². The highest BCUT2D eigenvalue weighted by molar-refractivity contribution is 5.39. The van der Waals surface area contributed by atoms with Gasteiger partial charge < -0.3 is 5.32 Å². The van der Waals surface area contributed by atoms with Crippen LogP contribution in [-0.4, -0.2) is 22.9 Å². The van der Waals surface area contributed by atoms with Gasteiger partial charge in [0.2, 0.25) is 0 Å². The van der Waals surface area contributed by atoms with Crippen molar-refractivity contribution in [1.29, 1.82) is 0 Å². The van der Waals surface area contributed by atoms with E-state index >= 15 is 0 Å². The molecule has 2 aromatic carbocycles. The van der Waals surface area contributed by atoms with Crippen LogP contribution in [0.2, 0.25) is 0 Å². The molecule has 0 radical (unpaired) electrons. The Morgan fingerprint density at radius 1 is 1.08 bits per heavy atom. The number of hydrogen-bond acceptors (Lipinski definition) is 4. The Bertz CT molecular complexity index is 686. The van der Waals surface area contributed by atoms with Crippen molar-refractivity contribution in [2.45, 2.75) is 39.5 Å². The lowest BCUT2D eigenvalue weighted by Gasteiger charge is -2.21. The molecule has 0 unspecified atom stereocenters. The molecule has 0 heterocycles. The van der Waals surface area contributed by atoms with Crippen LogP contribution in [-0.2, 0) is 19.6 Å². The molecule has 0 saturated heterocycles. The van der Waals surface area contributed by atoms with Crippen molar-refractivity contribution in [1.82, 2.24) is 10.2 Å². The largest absolute Gasteiger partial charge is 0.308 e. The van der Waals surface area contributed by atoms with Crippen LogP contribution in [0.1, 0.15) is 30.5 Å². The molecule has 24 heavy (non-hydrogen) atoms. The van der Waals surface area contributed by atoms with E-state index in [-0.39, 0.29) is 10.6 Å². The number of nitro groups is 1. The van der Waals surface area contributed by atoms with E-state index in [1.165, 1.54) is 11.1 Å². The average Bonchev–Trinajstić information content (AvgIpc) is 2.55. The lowest BCUT2D eigenvalue weighted by atomic mass is 10.1. The minimum absolute atomic E-state index is 0.164. The monoisotopic (exact) mass is 327 g/mol. The second kappa shape index (κ2) is 8.57. The highest BCUT2D eigenvalue weighted by Crippen LogP contribution is 2.17. The van der Waals surface area contributed by atoms with E-state index in [0.717, 1.165) is 6.54 Å². The molecule has 2 aromatic rings. The average molecular weight is 327 g/mol. The first-order valence-corrected chi connectivity index (χ1v) is 8.18. The van der Waals surface area contributed by atoms with E-state index in [0.29, 0.717) is 24.7 Å². The summed E-state index contributed by atoms with van der Waals surface area (Å²) in [4.78, 5) is 13.0. The molecule has 0 aliphatic carbocycles. The fourth-order valence-corrected chi connectivity index (χ4v) is 2.49. The molecular weight excluding hydrogens is 302 g/mol. The lowest BCUT2D eigenvalue weighted by molar-refractivity contribution is -0.385. The van der Waals surface area contributed by atoms with Crippen molar-refractivity contribution >= 4 is 5.69 Å². The Hall–Kier alpha value is -2.24. The molecule has 0 aromatic heterocycles. The fourth-order valence-electron chi connectivity index (χ4n) is 2.49. The maximum Gasteiger partial charge on any atom is 0.273 e. The van der Waals surface area contributed by atoms with Gasteiger partial charge in [-0.05, 0) is 32.0 Å². The molecule has 2 rings (SSSR count). The molecule has 0 aliphatic rings. The number of nitrogens with zero attached hydrogens (tertiary/aromatic N) is 2. The summed E-state index contributed by atoms with van der Waals surface area (Å²) < 4.78 is 0. The summed E-state index contributed by atoms with van der Waals surface area (Å²) >= 11 is 0. The van der Waals surface area contributed by atoms with E-state index in [2.05, 4.69) is 55.4 Å². The summed E-state index contributed by atoms with van der Waals surface area (Å²) in [6.07, 6.45) is 0. The Morgan fingerprint density at radius 3 is 2.50 bits per heavy atom. The zero-order valence-corrected chi connectivity index (χ0v) is 14.5. The van der Waals surface area contributed by atoms with Gasteiger partial charge >= 0.3 is 0 Å². The Kier molecular flexibility index (Phi) is 6.46. The third-order valence-corrected chi connectivity index (χ3v) is 4.14. The molecule has 0 aliphatic heterocycles. The molecule has 0 atom stereocenters. The van der Waals surface area contributed by atoms with Gasteiger partial charge in [0.05, 0.1) is 4.92 Å². The molecule has 0 amide bonds. The van der Waals surface area contributed by atoms with Crippen LogP contribution < -0.4 is 5.32 Å². The van der Waals surface area contributed by atoms with Gasteiger partial charge in [0.15, 0.2) is 0 Å². The summed E-state index contributed by atoms with van der Waals surface area (Å²) in [5.74, 6) is 0. The van der Waals surface area contributed by atoms with Gasteiger partial charge in [-0.1, -0.05) is 42.5 Å². The van der Waals surface area contributed by atoms with Crippen LogP contribution in [0.15, 0.2) is 48.5 Å². The highest BCUT2D eigenvalue weighted by atomic mass is 16.6. The third kappa shape index (κ3) is 5.15. The van der Waals surface area contributed by atoms with Crippen molar-refractivity contribution in [3.63, 3.8) is 0 Å². The van der Waals surface area contributed by atoms with Gasteiger partial charge in [0, 0.05) is 37.3 Å². The van der Waals surface area contributed by atoms with E-state index in [9.17, 15) is 10.1 Å². The van der Waals surface area contributed by atoms with Crippen molar-refractivity contribution in [3.05, 3.63) is 75.3 Å². The molecule has 5 nitrogen and oxygen atoms in total. The number of benzene rings is 2. The summed E-state index contributed by atoms with van der Waals surface area (Å²) in [6.45, 7) is 6.44. The van der Waals surface area contributed by atoms with Crippen molar-refractivity contribution < 1.29 is 4.92 Å². The zero-order valence-electron chi connectivity index (χ0n) is 14.5. The van der Waals surface area contributed by atoms with Crippen LogP contribution in [0.25, 0.3) is 0 Å². The van der Waals surface area contributed by atoms with Crippen molar-refractivity contribution in [2.24, 2.45) is 0 Å². The quantitative estimate of drug-likeness (QED) is 0.593. The Morgan fingerprint density at radius 2 is 1.79 bits per heavy atom. The van der Waals surface area contributed by atoms with E-state index in [1.54, 1.807) is 18.2 Å². The van der Waals surface area contributed by atoms with Crippen LogP contribution in [0.3, 0.4) is 0 Å². The van der Waals surface area contributed by atoms with E-state index in [4.69, 9.17) is 0 Å². The fraction of sp³-hybridized carbons (Fsp3) is 0.368. The topological polar surface area (TPSA) is 58.4 Å². The van der Waals surface area contributed by atoms with Gasteiger partial charge in [0.25, 0.3) is 5.69 Å². The van der Waals surface area contributed by atoms with Gasteiger partial charge in [-0.25, -0.2) is 0 Å². The predicted molar refractivity (Wildman–Crippen MR) is 96.7 cm³/mol. The molecule has 5 heteroatoms. The van der Waals surface area contributed by atoms with Crippen LogP contribution in [0.4, 0.5) is 5.69 Å². The van der Waals surface area contributed by atoms with Gasteiger partial charge in [0.1, 0.15) is 0 Å². The minimum Gasteiger partial charge on any atom is -0.308 e. The highest BCUT2D eigenvalue weighted by Gasteiger charge is 2.11. The summed E-state index contributed by atoms with van der Waals surface area (Å²) in [5, 5.41) is 14.3. The van der Waals surface area contributed by atoms with E-state index < -0.39 is 0 Å². The first kappa shape index (κ1) is 18.1. The standard InChI is InChI=1S/C19H25N3O2/c1-15(2)21(3)14-17-8-6-7-16(11-17)12-20-13-18-9-4-5-10-19(18)22(23)24/h4-11,15,20H,12-14H2,1-3H3. The second-order valence-corrected chi connectivity index (χ2v) is 6.32. The Balaban J connectivity index is 1.94. The normalized spacial score (nSPS) is 11.2. The number of hydrogen-bond donors (Lipinski definition) is 1. The first-order valence-electron chi connectivity index (χ1n) is 8.18. The molecule has 0 saturated carbocycles. The lowest BCUT2D eigenvalue weighted by Crippen LogP contribution is -2.25. The third-order valence-electron chi connectivity index (χ3n) is 4.14. The zero-order chi connectivity index (χ0) is 17.5. The van der Waals surface area contributed by atoms with Crippen LogP contribution in [0, 0.1) is 10.1 Å². The molecule has 0 spiro atoms. The maximum atomic E-state index is 11.0. The van der Waals surface area contributed by atoms with Crippen LogP contribution >= 0.6 is 0 Å². The maximum absolute atomic E-state index is 11.0. The summed E-state index contributed by atoms with van der Waals surface area (Å²) in [6, 6.07) is 15.8. The van der Waals surface area contributed by atoms with Crippen LogP contribution in [0.5, 0.6) is 0 Å². The predicted octanol–water partition coefficient (Wildman–Crippen LogP) is 3.72. The van der Waals surface area contributed by atoms with Gasteiger partial charge in [-0.2, -0.15) is 0 Å². The summed E-state index contributed by atoms with van der Waals surface area (Å²) in [7, 11) is 2.12. The van der Waals surface area contributed by atoms with Gasteiger partial charge in [-0.15, -0.1) is 0 Å². The molecule has 0 fully saturated rings. The van der Waals surface area contributed by atoms with E-state index in [1.807, 2.05) is 6.07 Å². The Labute approximate surface area is 143 Å². The molecule has 0 bridgehead atoms. The SMILES string of the molecule is CC(C)N(C)Cc1cccc(CNCc2ccccc2[N+](=O)[O-])c1. The molecular formula is C19H25N3O2. The number of rotatable bonds is 8. The molecule has 128 valence electrons. The number of nitrogens with one attached hydrogen (secondary N) is 1. The molecule has 1 N–H and O–H groups in total. The smallest absolute Gasteiger partial charge is 0.273 e. The minimum atomic E-state index is -0.334. The number of para-hydroxylation sites is 1. The first-order chi connectivity index (χ1) is 11.5. The van der Waals surface area contributed by atoms with Crippen molar-refractivity contribution in [3.8, 4) is 0 Å². The number of nitro benzene ring substituents is 1. The summed E-state index contributed by atoms with van der Waals surface area (Å²) in [5.41, 5.74) is 3.33.